The Morgan fingerprint density at radius 1 is 1.04 bits per heavy atom. The van der Waals surface area contributed by atoms with E-state index in [-0.39, 0.29) is 18.9 Å². The van der Waals surface area contributed by atoms with E-state index in [4.69, 9.17) is 27.9 Å². The third-order valence-corrected chi connectivity index (χ3v) is 4.79. The molecule has 2 aromatic carbocycles. The van der Waals surface area contributed by atoms with Gasteiger partial charge in [-0.2, -0.15) is 0 Å². The van der Waals surface area contributed by atoms with Crippen molar-refractivity contribution in [2.75, 3.05) is 13.7 Å². The highest BCUT2D eigenvalue weighted by molar-refractivity contribution is 6.36. The van der Waals surface area contributed by atoms with Crippen LogP contribution in [0.2, 0.25) is 10.0 Å². The van der Waals surface area contributed by atoms with Crippen LogP contribution in [0.4, 0.5) is 0 Å². The summed E-state index contributed by atoms with van der Waals surface area (Å²) in [4.78, 5) is 26.6. The Bertz CT molecular complexity index is 745. The first-order valence-corrected chi connectivity index (χ1v) is 9.08. The largest absolute Gasteiger partial charge is 0.464 e. The Morgan fingerprint density at radius 3 is 2.23 bits per heavy atom. The van der Waals surface area contributed by atoms with Gasteiger partial charge in [-0.3, -0.25) is 4.79 Å². The van der Waals surface area contributed by atoms with E-state index in [9.17, 15) is 9.59 Å². The fourth-order valence-electron chi connectivity index (χ4n) is 2.61. The average Bonchev–Trinajstić information content (AvgIpc) is 2.63. The predicted molar refractivity (Wildman–Crippen MR) is 104 cm³/mol. The molecule has 0 radical (unpaired) electrons. The molecule has 0 bridgehead atoms. The number of nitrogens with zero attached hydrogens (tertiary/aromatic N) is 1. The zero-order valence-electron chi connectivity index (χ0n) is 14.7. The van der Waals surface area contributed by atoms with Crippen LogP contribution in [0.15, 0.2) is 48.5 Å². The van der Waals surface area contributed by atoms with Crippen molar-refractivity contribution in [3.05, 3.63) is 69.7 Å². The van der Waals surface area contributed by atoms with Crippen LogP contribution in [0.1, 0.15) is 18.1 Å². The molecule has 2 rings (SSSR count). The van der Waals surface area contributed by atoms with E-state index in [1.807, 2.05) is 30.3 Å². The average molecular weight is 394 g/mol. The number of likely N-dealkylation sites (N-methyl/N-ethyl adjacent to an activating group) is 1. The molecular weight excluding hydrogens is 373 g/mol. The maximum Gasteiger partial charge on any atom is 0.329 e. The van der Waals surface area contributed by atoms with Gasteiger partial charge >= 0.3 is 5.97 Å². The number of amides is 1. The lowest BCUT2D eigenvalue weighted by Gasteiger charge is -2.27. The molecule has 0 aliphatic rings. The molecule has 0 fully saturated rings. The van der Waals surface area contributed by atoms with Crippen LogP contribution in [0.3, 0.4) is 0 Å². The Labute approximate surface area is 163 Å². The van der Waals surface area contributed by atoms with Crippen molar-refractivity contribution in [1.82, 2.24) is 4.90 Å². The van der Waals surface area contributed by atoms with Gasteiger partial charge in [0.25, 0.3) is 0 Å². The van der Waals surface area contributed by atoms with Gasteiger partial charge in [-0.15, -0.1) is 0 Å². The molecule has 0 aliphatic heterocycles. The predicted octanol–water partition coefficient (Wildman–Crippen LogP) is 4.17. The molecule has 0 saturated heterocycles. The van der Waals surface area contributed by atoms with E-state index in [1.54, 1.807) is 32.2 Å². The molecule has 0 heterocycles. The van der Waals surface area contributed by atoms with Gasteiger partial charge in [-0.05, 0) is 30.2 Å². The minimum Gasteiger partial charge on any atom is -0.464 e. The molecule has 0 aromatic heterocycles. The summed E-state index contributed by atoms with van der Waals surface area (Å²) in [6.07, 6.45) is 0.387. The number of benzene rings is 2. The minimum absolute atomic E-state index is 0.0136. The van der Waals surface area contributed by atoms with Crippen molar-refractivity contribution in [1.29, 1.82) is 0 Å². The second-order valence-electron chi connectivity index (χ2n) is 5.84. The Morgan fingerprint density at radius 2 is 1.65 bits per heavy atom. The van der Waals surface area contributed by atoms with Gasteiger partial charge in [0.05, 0.1) is 13.0 Å². The smallest absolute Gasteiger partial charge is 0.329 e. The lowest BCUT2D eigenvalue weighted by atomic mass is 10.0. The van der Waals surface area contributed by atoms with Crippen molar-refractivity contribution in [2.24, 2.45) is 0 Å². The summed E-state index contributed by atoms with van der Waals surface area (Å²) in [5.41, 5.74) is 1.50. The van der Waals surface area contributed by atoms with Gasteiger partial charge in [0.15, 0.2) is 0 Å². The minimum atomic E-state index is -0.717. The third-order valence-electron chi connectivity index (χ3n) is 4.08. The van der Waals surface area contributed by atoms with Crippen LogP contribution >= 0.6 is 23.2 Å². The van der Waals surface area contributed by atoms with E-state index in [0.717, 1.165) is 5.56 Å². The van der Waals surface area contributed by atoms with Gasteiger partial charge in [0.1, 0.15) is 6.04 Å². The Kier molecular flexibility index (Phi) is 7.49. The molecule has 4 nitrogen and oxygen atoms in total. The van der Waals surface area contributed by atoms with Gasteiger partial charge in [0, 0.05) is 23.5 Å². The van der Waals surface area contributed by atoms with Crippen LogP contribution in [0.5, 0.6) is 0 Å². The molecular formula is C20H21Cl2NO3. The van der Waals surface area contributed by atoms with E-state index < -0.39 is 12.0 Å². The Balaban J connectivity index is 2.20. The summed E-state index contributed by atoms with van der Waals surface area (Å²) in [5.74, 6) is -0.688. The molecule has 1 atom stereocenters. The van der Waals surface area contributed by atoms with Crippen LogP contribution in [-0.2, 0) is 27.2 Å². The van der Waals surface area contributed by atoms with Gasteiger partial charge < -0.3 is 9.64 Å². The summed E-state index contributed by atoms with van der Waals surface area (Å²) in [6, 6.07) is 13.9. The van der Waals surface area contributed by atoms with E-state index in [0.29, 0.717) is 22.0 Å². The second-order valence-corrected chi connectivity index (χ2v) is 6.65. The van der Waals surface area contributed by atoms with E-state index in [2.05, 4.69) is 0 Å². The standard InChI is InChI=1S/C20H21Cl2NO3/c1-3-26-20(25)18(12-14-8-5-4-6-9-14)23(2)19(24)13-15-16(21)10-7-11-17(15)22/h4-11,18H,3,12-13H2,1-2H3. The number of ether oxygens (including phenoxy) is 1. The van der Waals surface area contributed by atoms with Crippen molar-refractivity contribution >= 4 is 35.1 Å². The molecule has 0 aliphatic carbocycles. The number of hydrogen-bond donors (Lipinski definition) is 0. The van der Waals surface area contributed by atoms with Crippen molar-refractivity contribution in [3.8, 4) is 0 Å². The quantitative estimate of drug-likeness (QED) is 0.663. The maximum absolute atomic E-state index is 12.8. The van der Waals surface area contributed by atoms with Crippen LogP contribution in [-0.4, -0.2) is 36.5 Å². The van der Waals surface area contributed by atoms with Crippen molar-refractivity contribution in [2.45, 2.75) is 25.8 Å². The van der Waals surface area contributed by atoms with E-state index >= 15 is 0 Å². The molecule has 26 heavy (non-hydrogen) atoms. The Hall–Kier alpha value is -2.04. The summed E-state index contributed by atoms with van der Waals surface area (Å²) < 4.78 is 5.16. The fourth-order valence-corrected chi connectivity index (χ4v) is 3.14. The SMILES string of the molecule is CCOC(=O)C(Cc1ccccc1)N(C)C(=O)Cc1c(Cl)cccc1Cl. The van der Waals surface area contributed by atoms with Crippen LogP contribution in [0, 0.1) is 0 Å². The normalized spacial score (nSPS) is 11.7. The molecule has 0 spiro atoms. The number of halogens is 2. The fraction of sp³-hybridized carbons (Fsp3) is 0.300. The lowest BCUT2D eigenvalue weighted by Crippen LogP contribution is -2.45. The molecule has 1 amide bonds. The van der Waals surface area contributed by atoms with Gasteiger partial charge in [-0.1, -0.05) is 59.6 Å². The number of hydrogen-bond acceptors (Lipinski definition) is 3. The van der Waals surface area contributed by atoms with Crippen molar-refractivity contribution in [3.63, 3.8) is 0 Å². The van der Waals surface area contributed by atoms with Gasteiger partial charge in [-0.25, -0.2) is 4.79 Å². The topological polar surface area (TPSA) is 46.6 Å². The second kappa shape index (κ2) is 9.60. The molecule has 1 unspecified atom stereocenters. The summed E-state index contributed by atoms with van der Waals surface area (Å²) in [7, 11) is 1.59. The number of rotatable bonds is 7. The first-order valence-electron chi connectivity index (χ1n) is 8.33. The zero-order valence-corrected chi connectivity index (χ0v) is 16.3. The van der Waals surface area contributed by atoms with Gasteiger partial charge in [0.2, 0.25) is 5.91 Å². The summed E-state index contributed by atoms with van der Waals surface area (Å²) >= 11 is 12.3. The molecule has 0 saturated carbocycles. The lowest BCUT2D eigenvalue weighted by molar-refractivity contribution is -0.153. The summed E-state index contributed by atoms with van der Waals surface area (Å²) in [5, 5.41) is 0.852. The first kappa shape index (κ1) is 20.3. The molecule has 0 N–H and O–H groups in total. The highest BCUT2D eigenvalue weighted by Crippen LogP contribution is 2.25. The maximum atomic E-state index is 12.8. The van der Waals surface area contributed by atoms with Crippen molar-refractivity contribution < 1.29 is 14.3 Å². The van der Waals surface area contributed by atoms with E-state index in [1.165, 1.54) is 4.90 Å². The molecule has 138 valence electrons. The molecule has 6 heteroatoms. The third kappa shape index (κ3) is 5.23. The first-order chi connectivity index (χ1) is 12.4. The zero-order chi connectivity index (χ0) is 19.1. The highest BCUT2D eigenvalue weighted by Gasteiger charge is 2.29. The number of carbonyl (C=O) groups is 2. The number of carbonyl (C=O) groups excluding carboxylic acids is 2. The highest BCUT2D eigenvalue weighted by atomic mass is 35.5. The summed E-state index contributed by atoms with van der Waals surface area (Å²) in [6.45, 7) is 1.99. The van der Waals surface area contributed by atoms with Crippen LogP contribution in [0.25, 0.3) is 0 Å². The monoisotopic (exact) mass is 393 g/mol. The van der Waals surface area contributed by atoms with Crippen LogP contribution < -0.4 is 0 Å². The number of esters is 1. The molecule has 2 aromatic rings.